The zero-order valence-electron chi connectivity index (χ0n) is 11.9. The fourth-order valence-corrected chi connectivity index (χ4v) is 7.61. The summed E-state index contributed by atoms with van der Waals surface area (Å²) in [6, 6.07) is 4.44. The third-order valence-corrected chi connectivity index (χ3v) is 8.59. The van der Waals surface area contributed by atoms with Gasteiger partial charge in [0.15, 0.2) is 35.8 Å². The van der Waals surface area contributed by atoms with E-state index in [0.717, 1.165) is 0 Å². The molecule has 21 heavy (non-hydrogen) atoms. The zero-order valence-corrected chi connectivity index (χ0v) is 13.5. The van der Waals surface area contributed by atoms with Gasteiger partial charge in [-0.15, -0.1) is 0 Å². The summed E-state index contributed by atoms with van der Waals surface area (Å²) in [5.74, 6) is 0.540. The second kappa shape index (κ2) is 5.84. The molecule has 6 nitrogen and oxygen atoms in total. The summed E-state index contributed by atoms with van der Waals surface area (Å²) in [6.45, 7) is 2.24. The van der Waals surface area contributed by atoms with Gasteiger partial charge in [0, 0.05) is 0 Å². The standard InChI is InChI=1S/C13H18O6S2/c1-3-19-11-6-5-10(9-12(11)18-2)13-20(14,15)7-4-8-21(13,16)17/h5-6,9,13H,3-4,7-8H2,1-2H3. The molecule has 1 aromatic rings. The van der Waals surface area contributed by atoms with Gasteiger partial charge in [0.05, 0.1) is 25.2 Å². The smallest absolute Gasteiger partial charge is 0.187 e. The van der Waals surface area contributed by atoms with Gasteiger partial charge in [0.2, 0.25) is 0 Å². The van der Waals surface area contributed by atoms with Crippen molar-refractivity contribution in [1.29, 1.82) is 0 Å². The Kier molecular flexibility index (Phi) is 4.48. The van der Waals surface area contributed by atoms with E-state index in [4.69, 9.17) is 9.47 Å². The van der Waals surface area contributed by atoms with E-state index in [-0.39, 0.29) is 23.5 Å². The van der Waals surface area contributed by atoms with Crippen LogP contribution in [-0.4, -0.2) is 42.1 Å². The van der Waals surface area contributed by atoms with Crippen LogP contribution in [0.2, 0.25) is 0 Å². The van der Waals surface area contributed by atoms with Gasteiger partial charge in [-0.3, -0.25) is 0 Å². The van der Waals surface area contributed by atoms with Crippen LogP contribution in [0.3, 0.4) is 0 Å². The van der Waals surface area contributed by atoms with E-state index in [0.29, 0.717) is 18.1 Å². The van der Waals surface area contributed by atoms with Crippen molar-refractivity contribution in [3.8, 4) is 11.5 Å². The number of methoxy groups -OCH3 is 1. The molecule has 0 aromatic heterocycles. The lowest BCUT2D eigenvalue weighted by Crippen LogP contribution is -2.32. The first-order chi connectivity index (χ1) is 9.81. The Bertz CT molecular complexity index is 687. The molecule has 0 bridgehead atoms. The molecule has 1 heterocycles. The lowest BCUT2D eigenvalue weighted by Gasteiger charge is -2.23. The Morgan fingerprint density at radius 2 is 1.71 bits per heavy atom. The number of hydrogen-bond acceptors (Lipinski definition) is 6. The molecule has 1 aliphatic heterocycles. The highest BCUT2D eigenvalue weighted by Gasteiger charge is 2.42. The monoisotopic (exact) mass is 334 g/mol. The SMILES string of the molecule is CCOc1ccc(C2S(=O)(=O)CCCS2(=O)=O)cc1OC. The van der Waals surface area contributed by atoms with Crippen LogP contribution in [0, 0.1) is 0 Å². The minimum atomic E-state index is -3.72. The molecule has 0 atom stereocenters. The maximum absolute atomic E-state index is 12.2. The average molecular weight is 334 g/mol. The summed E-state index contributed by atoms with van der Waals surface area (Å²) in [7, 11) is -6.02. The Balaban J connectivity index is 2.54. The summed E-state index contributed by atoms with van der Waals surface area (Å²) >= 11 is 0. The van der Waals surface area contributed by atoms with E-state index in [2.05, 4.69) is 0 Å². The molecule has 0 radical (unpaired) electrons. The number of sulfone groups is 2. The first kappa shape index (κ1) is 16.1. The van der Waals surface area contributed by atoms with Crippen molar-refractivity contribution < 1.29 is 26.3 Å². The summed E-state index contributed by atoms with van der Waals surface area (Å²) in [4.78, 5) is 0. The quantitative estimate of drug-likeness (QED) is 0.825. The molecule has 0 aliphatic carbocycles. The topological polar surface area (TPSA) is 86.7 Å². The highest BCUT2D eigenvalue weighted by atomic mass is 32.3. The van der Waals surface area contributed by atoms with Crippen LogP contribution in [0.15, 0.2) is 18.2 Å². The molecule has 1 aliphatic rings. The van der Waals surface area contributed by atoms with Crippen molar-refractivity contribution in [3.63, 3.8) is 0 Å². The summed E-state index contributed by atoms with van der Waals surface area (Å²) < 4.78 is 57.6. The molecule has 0 N–H and O–H groups in total. The molecule has 8 heteroatoms. The van der Waals surface area contributed by atoms with Gasteiger partial charge in [0.25, 0.3) is 0 Å². The molecule has 1 aromatic carbocycles. The maximum Gasteiger partial charge on any atom is 0.187 e. The fourth-order valence-electron chi connectivity index (χ4n) is 2.42. The maximum atomic E-state index is 12.2. The summed E-state index contributed by atoms with van der Waals surface area (Å²) in [5, 5.41) is 0. The van der Waals surface area contributed by atoms with E-state index in [1.165, 1.54) is 25.3 Å². The lowest BCUT2D eigenvalue weighted by atomic mass is 10.2. The molecular weight excluding hydrogens is 316 g/mol. The van der Waals surface area contributed by atoms with Gasteiger partial charge in [-0.2, -0.15) is 0 Å². The van der Waals surface area contributed by atoms with Gasteiger partial charge in [-0.05, 0) is 31.0 Å². The van der Waals surface area contributed by atoms with Gasteiger partial charge >= 0.3 is 0 Å². The minimum Gasteiger partial charge on any atom is -0.493 e. The molecule has 118 valence electrons. The largest absolute Gasteiger partial charge is 0.493 e. The van der Waals surface area contributed by atoms with E-state index in [9.17, 15) is 16.8 Å². The first-order valence-electron chi connectivity index (χ1n) is 6.55. The van der Waals surface area contributed by atoms with Crippen molar-refractivity contribution in [2.24, 2.45) is 0 Å². The predicted molar refractivity (Wildman–Crippen MR) is 79.1 cm³/mol. The van der Waals surface area contributed by atoms with Gasteiger partial charge < -0.3 is 9.47 Å². The second-order valence-electron chi connectivity index (χ2n) is 4.76. The number of ether oxygens (including phenoxy) is 2. The summed E-state index contributed by atoms with van der Waals surface area (Å²) in [6.07, 6.45) is 0.148. The van der Waals surface area contributed by atoms with E-state index in [1.807, 2.05) is 6.92 Å². The summed E-state index contributed by atoms with van der Waals surface area (Å²) in [5.41, 5.74) is 0.204. The van der Waals surface area contributed by atoms with Crippen molar-refractivity contribution in [2.45, 2.75) is 17.9 Å². The van der Waals surface area contributed by atoms with Gasteiger partial charge in [-0.1, -0.05) is 6.07 Å². The molecular formula is C13H18O6S2. The van der Waals surface area contributed by atoms with E-state index < -0.39 is 24.3 Å². The predicted octanol–water partition coefficient (Wildman–Crippen LogP) is 1.33. The van der Waals surface area contributed by atoms with Crippen molar-refractivity contribution >= 4 is 19.7 Å². The number of rotatable bonds is 4. The van der Waals surface area contributed by atoms with Crippen LogP contribution in [0.25, 0.3) is 0 Å². The fraction of sp³-hybridized carbons (Fsp3) is 0.538. The minimum absolute atomic E-state index is 0.119. The van der Waals surface area contributed by atoms with Crippen molar-refractivity contribution in [2.75, 3.05) is 25.2 Å². The average Bonchev–Trinajstić information content (AvgIpc) is 2.38. The van der Waals surface area contributed by atoms with Crippen LogP contribution in [-0.2, 0) is 19.7 Å². The molecule has 0 unspecified atom stereocenters. The Morgan fingerprint density at radius 1 is 1.10 bits per heavy atom. The molecule has 1 fully saturated rings. The van der Waals surface area contributed by atoms with Crippen molar-refractivity contribution in [1.82, 2.24) is 0 Å². The van der Waals surface area contributed by atoms with Crippen molar-refractivity contribution in [3.05, 3.63) is 23.8 Å². The van der Waals surface area contributed by atoms with E-state index >= 15 is 0 Å². The molecule has 0 amide bonds. The normalized spacial score (nSPS) is 20.9. The lowest BCUT2D eigenvalue weighted by molar-refractivity contribution is 0.310. The number of benzene rings is 1. The third-order valence-electron chi connectivity index (χ3n) is 3.27. The van der Waals surface area contributed by atoms with Crippen LogP contribution in [0.4, 0.5) is 0 Å². The Hall–Kier alpha value is -1.28. The van der Waals surface area contributed by atoms with Crippen LogP contribution in [0.5, 0.6) is 11.5 Å². The molecule has 2 rings (SSSR count). The van der Waals surface area contributed by atoms with Gasteiger partial charge in [0.1, 0.15) is 0 Å². The van der Waals surface area contributed by atoms with Crippen LogP contribution >= 0.6 is 0 Å². The molecule has 0 spiro atoms. The highest BCUT2D eigenvalue weighted by Crippen LogP contribution is 2.38. The Morgan fingerprint density at radius 3 is 2.24 bits per heavy atom. The molecule has 0 saturated carbocycles. The second-order valence-corrected chi connectivity index (χ2v) is 9.47. The van der Waals surface area contributed by atoms with E-state index in [1.54, 1.807) is 0 Å². The first-order valence-corrected chi connectivity index (χ1v) is 9.99. The highest BCUT2D eigenvalue weighted by molar-refractivity contribution is 8.09. The third kappa shape index (κ3) is 3.16. The molecule has 1 saturated heterocycles. The van der Waals surface area contributed by atoms with Gasteiger partial charge in [-0.25, -0.2) is 16.8 Å². The van der Waals surface area contributed by atoms with Crippen LogP contribution < -0.4 is 9.47 Å². The Labute approximate surface area is 124 Å². The zero-order chi connectivity index (χ0) is 15.7. The number of hydrogen-bond donors (Lipinski definition) is 0. The van der Waals surface area contributed by atoms with Crippen LogP contribution in [0.1, 0.15) is 23.5 Å².